The van der Waals surface area contributed by atoms with Gasteiger partial charge in [0.15, 0.2) is 0 Å². The number of hydrogen-bond donors (Lipinski definition) is 0. The summed E-state index contributed by atoms with van der Waals surface area (Å²) in [5.74, 6) is 0. The summed E-state index contributed by atoms with van der Waals surface area (Å²) in [5, 5.41) is 0. The van der Waals surface area contributed by atoms with Crippen molar-refractivity contribution in [3.8, 4) is 0 Å². The van der Waals surface area contributed by atoms with Crippen molar-refractivity contribution >= 4 is 7.26 Å². The van der Waals surface area contributed by atoms with E-state index in [4.69, 9.17) is 0 Å². The van der Waals surface area contributed by atoms with Gasteiger partial charge in [-0.3, -0.25) is 0 Å². The molecule has 0 aliphatic carbocycles. The molecule has 0 saturated carbocycles. The fourth-order valence-corrected chi connectivity index (χ4v) is 0. The molecule has 0 amide bonds. The van der Waals surface area contributed by atoms with E-state index in [0.717, 1.165) is 5.66 Å². The van der Waals surface area contributed by atoms with E-state index >= 15 is 0 Å². The van der Waals surface area contributed by atoms with Gasteiger partial charge in [-0.2, -0.15) is 0 Å². The van der Waals surface area contributed by atoms with E-state index in [1.54, 1.807) is 0 Å². The van der Waals surface area contributed by atoms with Crippen LogP contribution in [0, 0.1) is 0 Å². The van der Waals surface area contributed by atoms with Crippen LogP contribution in [0.1, 0.15) is 13.8 Å². The first kappa shape index (κ1) is 12.2. The van der Waals surface area contributed by atoms with E-state index in [2.05, 4.69) is 33.8 Å². The molecular weight excluding hydrogens is 192 g/mol. The van der Waals surface area contributed by atoms with Crippen LogP contribution in [0.2, 0.25) is 0 Å². The van der Waals surface area contributed by atoms with Crippen LogP contribution in [0.4, 0.5) is 0 Å². The largest absolute Gasteiger partial charge is 0 e. The van der Waals surface area contributed by atoms with E-state index in [1.165, 1.54) is 0 Å². The van der Waals surface area contributed by atoms with Crippen LogP contribution in [-0.2, 0) is 32.7 Å². The van der Waals surface area contributed by atoms with Crippen molar-refractivity contribution in [1.29, 1.82) is 0 Å². The van der Waals surface area contributed by atoms with Crippen molar-refractivity contribution in [3.63, 3.8) is 0 Å². The first-order valence-electron chi connectivity index (χ1n) is 2.94. The van der Waals surface area contributed by atoms with Gasteiger partial charge in [-0.15, -0.1) is 0 Å². The predicted molar refractivity (Wildman–Crippen MR) is 41.2 cm³/mol. The second-order valence-corrected chi connectivity index (χ2v) is 9.41. The number of rotatable bonds is 1. The quantitative estimate of drug-likeness (QED) is 0.579. The smallest absolute Gasteiger partial charge is 0 e. The SMILES string of the molecule is CC(C)[PH](C)(C)C.[Y]. The van der Waals surface area contributed by atoms with Crippen molar-refractivity contribution in [1.82, 2.24) is 0 Å². The third-order valence-corrected chi connectivity index (χ3v) is 5.20. The maximum Gasteiger partial charge on any atom is 0 e. The maximum atomic E-state index is 2.40. The molecule has 2 heteroatoms. The van der Waals surface area contributed by atoms with Gasteiger partial charge in [0, 0.05) is 32.7 Å². The Hall–Kier alpha value is 1.53. The zero-order valence-electron chi connectivity index (χ0n) is 6.65. The molecular formula is C6H17PY. The van der Waals surface area contributed by atoms with Gasteiger partial charge in [0.1, 0.15) is 0 Å². The summed E-state index contributed by atoms with van der Waals surface area (Å²) >= 11 is 0. The first-order chi connectivity index (χ1) is 2.94. The normalized spacial score (nSPS) is 13.2. The van der Waals surface area contributed by atoms with Crippen molar-refractivity contribution in [3.05, 3.63) is 0 Å². The van der Waals surface area contributed by atoms with Crippen LogP contribution in [-0.4, -0.2) is 25.7 Å². The van der Waals surface area contributed by atoms with Crippen LogP contribution >= 0.6 is 7.26 Å². The molecule has 0 rings (SSSR count). The Morgan fingerprint density at radius 1 is 1.00 bits per heavy atom. The summed E-state index contributed by atoms with van der Waals surface area (Å²) in [6.45, 7) is 11.8. The average molecular weight is 209 g/mol. The molecule has 8 heavy (non-hydrogen) atoms. The van der Waals surface area contributed by atoms with E-state index in [-0.39, 0.29) is 32.7 Å². The maximum absolute atomic E-state index is 2.40. The second-order valence-electron chi connectivity index (χ2n) is 3.52. The Bertz CT molecular complexity index is 54.0. The molecule has 0 atom stereocenters. The molecule has 0 heterocycles. The summed E-state index contributed by atoms with van der Waals surface area (Å²) < 4.78 is 0. The third-order valence-electron chi connectivity index (χ3n) is 1.73. The molecule has 0 aliphatic heterocycles. The van der Waals surface area contributed by atoms with Gasteiger partial charge in [-0.1, -0.05) is 0 Å². The Balaban J connectivity index is 0. The zero-order valence-corrected chi connectivity index (χ0v) is 10.5. The molecule has 0 aromatic heterocycles. The standard InChI is InChI=1S/C6H17P.Y/c1-6(2)7(3,4)5;/h6-7H,1-5H3;. The summed E-state index contributed by atoms with van der Waals surface area (Å²) in [5.41, 5.74) is 0.937. The first-order valence-corrected chi connectivity index (χ1v) is 6.52. The topological polar surface area (TPSA) is 0 Å². The molecule has 0 unspecified atom stereocenters. The predicted octanol–water partition coefficient (Wildman–Crippen LogP) is 2.03. The molecule has 0 fully saturated rings. The van der Waals surface area contributed by atoms with Crippen LogP contribution in [0.15, 0.2) is 0 Å². The molecule has 0 bridgehead atoms. The average Bonchev–Trinajstić information content (AvgIpc) is 1.31. The van der Waals surface area contributed by atoms with Crippen molar-refractivity contribution < 1.29 is 32.7 Å². The van der Waals surface area contributed by atoms with Gasteiger partial charge in [-0.05, 0) is 0 Å². The fraction of sp³-hybridized carbons (Fsp3) is 1.00. The van der Waals surface area contributed by atoms with Crippen LogP contribution < -0.4 is 0 Å². The van der Waals surface area contributed by atoms with Gasteiger partial charge in [0.25, 0.3) is 0 Å². The minimum atomic E-state index is -0.735. The summed E-state index contributed by atoms with van der Waals surface area (Å²) in [6, 6.07) is 0. The summed E-state index contributed by atoms with van der Waals surface area (Å²) in [4.78, 5) is 0. The van der Waals surface area contributed by atoms with Gasteiger partial charge in [0.2, 0.25) is 0 Å². The van der Waals surface area contributed by atoms with E-state index < -0.39 is 7.26 Å². The Labute approximate surface area is 79.0 Å². The van der Waals surface area contributed by atoms with Gasteiger partial charge >= 0.3 is 46.8 Å². The molecule has 0 aliphatic rings. The van der Waals surface area contributed by atoms with E-state index in [0.29, 0.717) is 0 Å². The minimum Gasteiger partial charge on any atom is 0 e. The van der Waals surface area contributed by atoms with Crippen LogP contribution in [0.5, 0.6) is 0 Å². The molecule has 0 saturated heterocycles. The van der Waals surface area contributed by atoms with E-state index in [1.807, 2.05) is 0 Å². The zero-order chi connectivity index (χ0) is 6.08. The van der Waals surface area contributed by atoms with Crippen LogP contribution in [0.3, 0.4) is 0 Å². The van der Waals surface area contributed by atoms with Gasteiger partial charge < -0.3 is 0 Å². The minimum absolute atomic E-state index is 0. The van der Waals surface area contributed by atoms with E-state index in [9.17, 15) is 0 Å². The molecule has 49 valence electrons. The molecule has 0 nitrogen and oxygen atoms in total. The summed E-state index contributed by atoms with van der Waals surface area (Å²) in [7, 11) is -0.735. The Morgan fingerprint density at radius 2 is 1.12 bits per heavy atom. The Morgan fingerprint density at radius 3 is 1.12 bits per heavy atom. The van der Waals surface area contributed by atoms with Gasteiger partial charge in [0.05, 0.1) is 0 Å². The van der Waals surface area contributed by atoms with Crippen molar-refractivity contribution in [2.75, 3.05) is 20.0 Å². The molecule has 0 N–H and O–H groups in total. The monoisotopic (exact) mass is 209 g/mol. The molecule has 0 aromatic carbocycles. The van der Waals surface area contributed by atoms with Gasteiger partial charge in [-0.25, -0.2) is 0 Å². The van der Waals surface area contributed by atoms with Crippen LogP contribution in [0.25, 0.3) is 0 Å². The Kier molecular flexibility index (Phi) is 6.67. The van der Waals surface area contributed by atoms with Crippen molar-refractivity contribution in [2.24, 2.45) is 0 Å². The summed E-state index contributed by atoms with van der Waals surface area (Å²) in [6.07, 6.45) is 0. The third kappa shape index (κ3) is 5.67. The fourth-order valence-electron chi connectivity index (χ4n) is 0. The molecule has 1 radical (unpaired) electrons. The molecule has 0 aromatic rings. The van der Waals surface area contributed by atoms with Crippen molar-refractivity contribution in [2.45, 2.75) is 19.5 Å². The second kappa shape index (κ2) is 4.37. The molecule has 0 spiro atoms. The number of hydrogen-bond acceptors (Lipinski definition) is 0.